The Morgan fingerprint density at radius 3 is 3.06 bits per heavy atom. The molecule has 4 nitrogen and oxygen atoms in total. The van der Waals surface area contributed by atoms with Gasteiger partial charge in [0.1, 0.15) is 5.15 Å². The lowest BCUT2D eigenvalue weighted by Gasteiger charge is -2.22. The van der Waals surface area contributed by atoms with Crippen molar-refractivity contribution < 1.29 is 4.79 Å². The average Bonchev–Trinajstić information content (AvgIpc) is 2.71. The fourth-order valence-electron chi connectivity index (χ4n) is 2.45. The molecule has 98 valence electrons. The van der Waals surface area contributed by atoms with Gasteiger partial charge < -0.3 is 5.32 Å². The summed E-state index contributed by atoms with van der Waals surface area (Å²) in [6.45, 7) is 4.43. The number of amides is 1. The second-order valence-corrected chi connectivity index (χ2v) is 5.44. The van der Waals surface area contributed by atoms with Crippen LogP contribution in [-0.4, -0.2) is 35.9 Å². The number of carbonyl (C=O) groups is 1. The van der Waals surface area contributed by atoms with Crippen molar-refractivity contribution in [3.8, 4) is 0 Å². The summed E-state index contributed by atoms with van der Waals surface area (Å²) in [7, 11) is 1.69. The van der Waals surface area contributed by atoms with Gasteiger partial charge in [0.05, 0.1) is 11.1 Å². The van der Waals surface area contributed by atoms with E-state index in [1.54, 1.807) is 13.1 Å². The smallest absolute Gasteiger partial charge is 0.227 e. The molecule has 5 heteroatoms. The normalized spacial score (nSPS) is 24.2. The number of rotatable bonds is 3. The van der Waals surface area contributed by atoms with Crippen molar-refractivity contribution >= 4 is 17.5 Å². The molecular weight excluding hydrogens is 250 g/mol. The first-order valence-electron chi connectivity index (χ1n) is 6.09. The van der Waals surface area contributed by atoms with Crippen molar-refractivity contribution in [2.45, 2.75) is 19.9 Å². The molecule has 2 rings (SSSR count). The van der Waals surface area contributed by atoms with Gasteiger partial charge >= 0.3 is 0 Å². The number of aromatic nitrogens is 1. The van der Waals surface area contributed by atoms with Crippen molar-refractivity contribution in [1.29, 1.82) is 0 Å². The molecule has 0 aromatic carbocycles. The summed E-state index contributed by atoms with van der Waals surface area (Å²) in [5.74, 6) is 0.115. The minimum Gasteiger partial charge on any atom is -0.359 e. The number of hydrogen-bond acceptors (Lipinski definition) is 3. The molecule has 1 aliphatic heterocycles. The maximum Gasteiger partial charge on any atom is 0.227 e. The molecule has 0 saturated carbocycles. The standard InChI is InChI=1S/C13H18ClN3O/c1-13(12(18)15-2)6-7-17(9-13)8-10-4-3-5-11(14)16-10/h3-5H,6-9H2,1-2H3,(H,15,18). The molecule has 1 saturated heterocycles. The van der Waals surface area contributed by atoms with Gasteiger partial charge in [-0.15, -0.1) is 0 Å². The zero-order valence-corrected chi connectivity index (χ0v) is 11.5. The van der Waals surface area contributed by atoms with Crippen LogP contribution in [0.15, 0.2) is 18.2 Å². The van der Waals surface area contributed by atoms with Crippen LogP contribution in [0.1, 0.15) is 19.0 Å². The zero-order chi connectivity index (χ0) is 13.2. The van der Waals surface area contributed by atoms with E-state index in [2.05, 4.69) is 15.2 Å². The van der Waals surface area contributed by atoms with Gasteiger partial charge in [0.25, 0.3) is 0 Å². The third kappa shape index (κ3) is 2.82. The van der Waals surface area contributed by atoms with E-state index in [9.17, 15) is 4.79 Å². The predicted molar refractivity (Wildman–Crippen MR) is 71.3 cm³/mol. The minimum atomic E-state index is -0.284. The monoisotopic (exact) mass is 267 g/mol. The molecule has 0 aliphatic carbocycles. The second-order valence-electron chi connectivity index (χ2n) is 5.05. The van der Waals surface area contributed by atoms with Crippen LogP contribution in [0.25, 0.3) is 0 Å². The third-order valence-electron chi connectivity index (χ3n) is 3.49. The molecule has 1 unspecified atom stereocenters. The molecular formula is C13H18ClN3O. The maximum absolute atomic E-state index is 11.8. The van der Waals surface area contributed by atoms with Gasteiger partial charge in [-0.2, -0.15) is 0 Å². The molecule has 2 heterocycles. The van der Waals surface area contributed by atoms with Crippen LogP contribution in [-0.2, 0) is 11.3 Å². The highest BCUT2D eigenvalue weighted by Crippen LogP contribution is 2.30. The van der Waals surface area contributed by atoms with E-state index in [1.165, 1.54) is 0 Å². The van der Waals surface area contributed by atoms with E-state index in [-0.39, 0.29) is 11.3 Å². The quantitative estimate of drug-likeness (QED) is 0.848. The number of pyridine rings is 1. The van der Waals surface area contributed by atoms with Crippen molar-refractivity contribution in [3.05, 3.63) is 29.0 Å². The predicted octanol–water partition coefficient (Wildman–Crippen LogP) is 1.69. The Morgan fingerprint density at radius 2 is 2.39 bits per heavy atom. The summed E-state index contributed by atoms with van der Waals surface area (Å²) in [4.78, 5) is 18.3. The van der Waals surface area contributed by atoms with E-state index in [0.29, 0.717) is 5.15 Å². The van der Waals surface area contributed by atoms with Crippen molar-refractivity contribution in [2.75, 3.05) is 20.1 Å². The Hall–Kier alpha value is -1.13. The molecule has 0 radical (unpaired) electrons. The first kappa shape index (κ1) is 13.3. The van der Waals surface area contributed by atoms with Crippen LogP contribution in [0.5, 0.6) is 0 Å². The molecule has 1 aliphatic rings. The Morgan fingerprint density at radius 1 is 1.61 bits per heavy atom. The van der Waals surface area contributed by atoms with Crippen LogP contribution in [0.2, 0.25) is 5.15 Å². The van der Waals surface area contributed by atoms with Gasteiger partial charge in [0.2, 0.25) is 5.91 Å². The lowest BCUT2D eigenvalue weighted by atomic mass is 9.89. The van der Waals surface area contributed by atoms with E-state index in [0.717, 1.165) is 31.7 Å². The first-order chi connectivity index (χ1) is 8.53. The summed E-state index contributed by atoms with van der Waals surface area (Å²) in [6, 6.07) is 5.63. The number of hydrogen-bond donors (Lipinski definition) is 1. The van der Waals surface area contributed by atoms with Crippen molar-refractivity contribution in [1.82, 2.24) is 15.2 Å². The average molecular weight is 268 g/mol. The summed E-state index contributed by atoms with van der Waals surface area (Å²) in [6.07, 6.45) is 0.882. The van der Waals surface area contributed by atoms with E-state index < -0.39 is 0 Å². The molecule has 1 atom stereocenters. The van der Waals surface area contributed by atoms with Gasteiger partial charge in [-0.25, -0.2) is 4.98 Å². The maximum atomic E-state index is 11.8. The number of nitrogens with zero attached hydrogens (tertiary/aromatic N) is 2. The highest BCUT2D eigenvalue weighted by molar-refractivity contribution is 6.29. The minimum absolute atomic E-state index is 0.115. The van der Waals surface area contributed by atoms with Gasteiger partial charge in [0, 0.05) is 20.1 Å². The number of halogens is 1. The van der Waals surface area contributed by atoms with E-state index in [4.69, 9.17) is 11.6 Å². The topological polar surface area (TPSA) is 45.2 Å². The van der Waals surface area contributed by atoms with Crippen LogP contribution in [0.3, 0.4) is 0 Å². The number of carbonyl (C=O) groups excluding carboxylic acids is 1. The fourth-order valence-corrected chi connectivity index (χ4v) is 2.63. The molecule has 0 spiro atoms. The van der Waals surface area contributed by atoms with E-state index in [1.807, 2.05) is 19.1 Å². The molecule has 1 N–H and O–H groups in total. The molecule has 0 bridgehead atoms. The highest BCUT2D eigenvalue weighted by Gasteiger charge is 2.39. The lowest BCUT2D eigenvalue weighted by Crippen LogP contribution is -2.39. The Labute approximate surface area is 112 Å². The zero-order valence-electron chi connectivity index (χ0n) is 10.7. The molecule has 1 fully saturated rings. The van der Waals surface area contributed by atoms with Crippen molar-refractivity contribution in [3.63, 3.8) is 0 Å². The number of likely N-dealkylation sites (tertiary alicyclic amines) is 1. The summed E-state index contributed by atoms with van der Waals surface area (Å²) >= 11 is 5.87. The van der Waals surface area contributed by atoms with Gasteiger partial charge in [-0.1, -0.05) is 17.7 Å². The van der Waals surface area contributed by atoms with Gasteiger partial charge in [0.15, 0.2) is 0 Å². The van der Waals surface area contributed by atoms with Crippen LogP contribution < -0.4 is 5.32 Å². The highest BCUT2D eigenvalue weighted by atomic mass is 35.5. The number of nitrogens with one attached hydrogen (secondary N) is 1. The summed E-state index contributed by atoms with van der Waals surface area (Å²) in [5.41, 5.74) is 0.663. The lowest BCUT2D eigenvalue weighted by molar-refractivity contribution is -0.129. The third-order valence-corrected chi connectivity index (χ3v) is 3.70. The van der Waals surface area contributed by atoms with Crippen LogP contribution in [0.4, 0.5) is 0 Å². The second kappa shape index (κ2) is 5.24. The first-order valence-corrected chi connectivity index (χ1v) is 6.47. The van der Waals surface area contributed by atoms with Crippen LogP contribution >= 0.6 is 11.6 Å². The molecule has 18 heavy (non-hydrogen) atoms. The Kier molecular flexibility index (Phi) is 3.88. The Balaban J connectivity index is 2.00. The fraction of sp³-hybridized carbons (Fsp3) is 0.538. The van der Waals surface area contributed by atoms with Gasteiger partial charge in [-0.05, 0) is 32.0 Å². The SMILES string of the molecule is CNC(=O)C1(C)CCN(Cc2cccc(Cl)n2)C1. The van der Waals surface area contributed by atoms with E-state index >= 15 is 0 Å². The molecule has 1 aromatic rings. The molecule has 1 amide bonds. The molecule has 1 aromatic heterocycles. The summed E-state index contributed by atoms with van der Waals surface area (Å²) < 4.78 is 0. The summed E-state index contributed by atoms with van der Waals surface area (Å²) in [5, 5.41) is 3.25. The Bertz CT molecular complexity index is 452. The van der Waals surface area contributed by atoms with Crippen LogP contribution in [0, 0.1) is 5.41 Å². The van der Waals surface area contributed by atoms with Gasteiger partial charge in [-0.3, -0.25) is 9.69 Å². The largest absolute Gasteiger partial charge is 0.359 e. The van der Waals surface area contributed by atoms with Crippen molar-refractivity contribution in [2.24, 2.45) is 5.41 Å².